The van der Waals surface area contributed by atoms with Crippen LogP contribution >= 0.6 is 34.7 Å². The maximum absolute atomic E-state index is 12.8. The molecule has 206 valence electrons. The van der Waals surface area contributed by atoms with Crippen molar-refractivity contribution in [3.05, 3.63) is 69.4 Å². The predicted octanol–water partition coefficient (Wildman–Crippen LogP) is 6.28. The van der Waals surface area contributed by atoms with Crippen LogP contribution in [-0.2, 0) is 5.75 Å². The van der Waals surface area contributed by atoms with E-state index in [4.69, 9.17) is 11.6 Å². The van der Waals surface area contributed by atoms with Gasteiger partial charge in [0.1, 0.15) is 10.7 Å². The number of rotatable bonds is 13. The van der Waals surface area contributed by atoms with Gasteiger partial charge in [-0.3, -0.25) is 14.3 Å². The van der Waals surface area contributed by atoms with Gasteiger partial charge < -0.3 is 10.2 Å². The lowest BCUT2D eigenvalue weighted by molar-refractivity contribution is 0.0932. The molecule has 1 unspecified atom stereocenters. The molecule has 0 spiro atoms. The minimum Gasteiger partial charge on any atom is -0.348 e. The van der Waals surface area contributed by atoms with E-state index in [0.717, 1.165) is 59.5 Å². The summed E-state index contributed by atoms with van der Waals surface area (Å²) in [7, 11) is 0. The summed E-state index contributed by atoms with van der Waals surface area (Å²) in [6.07, 6.45) is 5.46. The van der Waals surface area contributed by atoms with E-state index in [1.807, 2.05) is 54.1 Å². The second-order valence-corrected chi connectivity index (χ2v) is 11.6. The van der Waals surface area contributed by atoms with E-state index >= 15 is 0 Å². The number of hydrogen-bond acceptors (Lipinski definition) is 8. The Morgan fingerprint density at radius 3 is 2.69 bits per heavy atom. The number of nitrogens with one attached hydrogen (secondary N) is 1. The molecule has 4 aromatic rings. The van der Waals surface area contributed by atoms with Gasteiger partial charge in [0.05, 0.1) is 11.4 Å². The van der Waals surface area contributed by atoms with Crippen molar-refractivity contribution in [1.82, 2.24) is 34.9 Å². The second kappa shape index (κ2) is 14.0. The molecule has 4 rings (SSSR count). The van der Waals surface area contributed by atoms with Crippen LogP contribution < -0.4 is 5.32 Å². The van der Waals surface area contributed by atoms with Crippen LogP contribution in [0.2, 0.25) is 5.02 Å². The first-order valence-corrected chi connectivity index (χ1v) is 15.4. The molecule has 1 aromatic carbocycles. The molecule has 11 heteroatoms. The summed E-state index contributed by atoms with van der Waals surface area (Å²) in [5.41, 5.74) is 3.32. The number of halogens is 1. The summed E-state index contributed by atoms with van der Waals surface area (Å²) in [4.78, 5) is 23.9. The molecule has 0 bridgehead atoms. The number of hydrogen-bond donors (Lipinski definition) is 1. The number of aryl methyl sites for hydroxylation is 1. The topological polar surface area (TPSA) is 88.8 Å². The molecule has 0 aliphatic rings. The van der Waals surface area contributed by atoms with Gasteiger partial charge in [-0.05, 0) is 76.2 Å². The van der Waals surface area contributed by atoms with Crippen molar-refractivity contribution in [2.45, 2.75) is 57.5 Å². The Labute approximate surface area is 243 Å². The summed E-state index contributed by atoms with van der Waals surface area (Å²) in [5.74, 6) is 1.14. The minimum atomic E-state index is -0.129. The van der Waals surface area contributed by atoms with Crippen LogP contribution in [0.3, 0.4) is 0 Å². The molecule has 0 fully saturated rings. The predicted molar refractivity (Wildman–Crippen MR) is 160 cm³/mol. The van der Waals surface area contributed by atoms with Gasteiger partial charge in [0.15, 0.2) is 11.0 Å². The number of nitrogens with zero attached hydrogens (tertiary/aromatic N) is 6. The first-order valence-electron chi connectivity index (χ1n) is 13.1. The third kappa shape index (κ3) is 7.66. The van der Waals surface area contributed by atoms with Crippen LogP contribution in [0.25, 0.3) is 17.1 Å². The molecule has 0 aliphatic carbocycles. The standard InChI is InChI=1S/C28H34ClN7OS2/c1-5-35(6-2)15-7-8-20(4)31-27(37)23-17-38-25(32-23)18-39-28-34-33-26(21-11-13-30-14-12-21)36(28)24-16-22(29)10-9-19(24)3/h9-14,16-17,20H,5-8,15,18H2,1-4H3,(H,31,37). The maximum Gasteiger partial charge on any atom is 0.270 e. The number of carbonyl (C=O) groups excluding carboxylic acids is 1. The van der Waals surface area contributed by atoms with E-state index in [2.05, 4.69) is 44.2 Å². The quantitative estimate of drug-likeness (QED) is 0.185. The number of thiazole rings is 1. The van der Waals surface area contributed by atoms with E-state index in [-0.39, 0.29) is 11.9 Å². The Bertz CT molecular complexity index is 1370. The van der Waals surface area contributed by atoms with Gasteiger partial charge in [0, 0.05) is 34.4 Å². The lowest BCUT2D eigenvalue weighted by Crippen LogP contribution is -2.33. The first kappa shape index (κ1) is 29.2. The van der Waals surface area contributed by atoms with Crippen molar-refractivity contribution in [2.75, 3.05) is 19.6 Å². The average Bonchev–Trinajstić information content (AvgIpc) is 3.59. The molecule has 1 N–H and O–H groups in total. The minimum absolute atomic E-state index is 0.0960. The molecule has 1 amide bonds. The number of carbonyl (C=O) groups is 1. The molecule has 39 heavy (non-hydrogen) atoms. The lowest BCUT2D eigenvalue weighted by atomic mass is 10.1. The molecule has 0 saturated carbocycles. The molecule has 8 nitrogen and oxygen atoms in total. The van der Waals surface area contributed by atoms with E-state index in [1.165, 1.54) is 23.1 Å². The third-order valence-electron chi connectivity index (χ3n) is 6.48. The summed E-state index contributed by atoms with van der Waals surface area (Å²) in [5, 5.41) is 16.1. The van der Waals surface area contributed by atoms with Gasteiger partial charge in [0.2, 0.25) is 0 Å². The monoisotopic (exact) mass is 583 g/mol. The molecule has 0 saturated heterocycles. The number of amides is 1. The Balaban J connectivity index is 1.44. The van der Waals surface area contributed by atoms with E-state index in [0.29, 0.717) is 22.3 Å². The van der Waals surface area contributed by atoms with Crippen LogP contribution in [0.15, 0.2) is 53.3 Å². The molecular weight excluding hydrogens is 550 g/mol. The number of benzene rings is 1. The highest BCUT2D eigenvalue weighted by molar-refractivity contribution is 7.98. The molecule has 0 aliphatic heterocycles. The highest BCUT2D eigenvalue weighted by Crippen LogP contribution is 2.32. The second-order valence-electron chi connectivity index (χ2n) is 9.27. The van der Waals surface area contributed by atoms with Crippen LogP contribution in [-0.4, -0.2) is 61.2 Å². The summed E-state index contributed by atoms with van der Waals surface area (Å²) >= 11 is 9.36. The zero-order valence-corrected chi connectivity index (χ0v) is 25.1. The Hall–Kier alpha value is -2.79. The van der Waals surface area contributed by atoms with Crippen molar-refractivity contribution in [1.29, 1.82) is 0 Å². The van der Waals surface area contributed by atoms with E-state index in [1.54, 1.807) is 12.4 Å². The lowest BCUT2D eigenvalue weighted by Gasteiger charge is -2.19. The Kier molecular flexibility index (Phi) is 10.5. The normalized spacial score (nSPS) is 12.2. The van der Waals surface area contributed by atoms with Gasteiger partial charge in [0.25, 0.3) is 5.91 Å². The van der Waals surface area contributed by atoms with Crippen LogP contribution in [0, 0.1) is 6.92 Å². The van der Waals surface area contributed by atoms with E-state index in [9.17, 15) is 4.79 Å². The zero-order valence-electron chi connectivity index (χ0n) is 22.7. The van der Waals surface area contributed by atoms with Crippen molar-refractivity contribution < 1.29 is 4.79 Å². The molecule has 0 radical (unpaired) electrons. The van der Waals surface area contributed by atoms with Crippen LogP contribution in [0.5, 0.6) is 0 Å². The van der Waals surface area contributed by atoms with Crippen molar-refractivity contribution in [3.8, 4) is 17.1 Å². The highest BCUT2D eigenvalue weighted by atomic mass is 35.5. The summed E-state index contributed by atoms with van der Waals surface area (Å²) < 4.78 is 2.02. The third-order valence-corrected chi connectivity index (χ3v) is 8.68. The van der Waals surface area contributed by atoms with E-state index < -0.39 is 0 Å². The number of thioether (sulfide) groups is 1. The van der Waals surface area contributed by atoms with Crippen molar-refractivity contribution in [3.63, 3.8) is 0 Å². The van der Waals surface area contributed by atoms with Crippen LogP contribution in [0.1, 0.15) is 54.7 Å². The van der Waals surface area contributed by atoms with Gasteiger partial charge in [-0.15, -0.1) is 21.5 Å². The van der Waals surface area contributed by atoms with Gasteiger partial charge >= 0.3 is 0 Å². The summed E-state index contributed by atoms with van der Waals surface area (Å²) in [6, 6.07) is 9.69. The fraction of sp³-hybridized carbons (Fsp3) is 0.393. The highest BCUT2D eigenvalue weighted by Gasteiger charge is 2.19. The van der Waals surface area contributed by atoms with Crippen molar-refractivity contribution in [2.24, 2.45) is 0 Å². The summed E-state index contributed by atoms with van der Waals surface area (Å²) in [6.45, 7) is 11.6. The molecule has 3 heterocycles. The Morgan fingerprint density at radius 1 is 1.18 bits per heavy atom. The van der Waals surface area contributed by atoms with Crippen LogP contribution in [0.4, 0.5) is 0 Å². The van der Waals surface area contributed by atoms with Gasteiger partial charge in [-0.25, -0.2) is 4.98 Å². The Morgan fingerprint density at radius 2 is 1.95 bits per heavy atom. The largest absolute Gasteiger partial charge is 0.348 e. The molecule has 1 atom stereocenters. The average molecular weight is 584 g/mol. The number of aromatic nitrogens is 5. The molecular formula is C28H34ClN7OS2. The SMILES string of the molecule is CCN(CC)CCCC(C)NC(=O)c1csc(CSc2nnc(-c3ccncc3)n2-c2cc(Cl)ccc2C)n1. The van der Waals surface area contributed by atoms with Gasteiger partial charge in [-0.2, -0.15) is 0 Å². The maximum atomic E-state index is 12.8. The fourth-order valence-electron chi connectivity index (χ4n) is 4.23. The van der Waals surface area contributed by atoms with Gasteiger partial charge in [-0.1, -0.05) is 43.3 Å². The fourth-order valence-corrected chi connectivity index (χ4v) is 6.13. The zero-order chi connectivity index (χ0) is 27.8. The van der Waals surface area contributed by atoms with Crippen molar-refractivity contribution >= 4 is 40.6 Å². The number of pyridine rings is 1. The smallest absolute Gasteiger partial charge is 0.270 e. The first-order chi connectivity index (χ1) is 18.9. The molecule has 3 aromatic heterocycles.